The van der Waals surface area contributed by atoms with Crippen LogP contribution in [0.4, 0.5) is 0 Å². The van der Waals surface area contributed by atoms with Gasteiger partial charge in [-0.3, -0.25) is 0 Å². The van der Waals surface area contributed by atoms with E-state index in [2.05, 4.69) is 36.5 Å². The Hall–Kier alpha value is -0.410. The molecule has 0 saturated carbocycles. The molecule has 14 heavy (non-hydrogen) atoms. The van der Waals surface area contributed by atoms with Crippen molar-refractivity contribution in [3.8, 4) is 0 Å². The maximum absolute atomic E-state index is 4.40. The van der Waals surface area contributed by atoms with Gasteiger partial charge in [-0.1, -0.05) is 13.8 Å². The predicted molar refractivity (Wildman–Crippen MR) is 62.9 cm³/mol. The SMILES string of the molecule is CCCNC(C)C(CC)c1nccs1. The van der Waals surface area contributed by atoms with Crippen LogP contribution in [0.2, 0.25) is 0 Å². The average molecular weight is 212 g/mol. The zero-order valence-electron chi connectivity index (χ0n) is 9.29. The lowest BCUT2D eigenvalue weighted by atomic mass is 9.99. The molecule has 0 aromatic carbocycles. The molecule has 0 aliphatic carbocycles. The Morgan fingerprint density at radius 2 is 2.29 bits per heavy atom. The lowest BCUT2D eigenvalue weighted by Gasteiger charge is -2.21. The molecule has 0 amide bonds. The van der Waals surface area contributed by atoms with Crippen LogP contribution >= 0.6 is 11.3 Å². The first-order chi connectivity index (χ1) is 6.79. The van der Waals surface area contributed by atoms with E-state index in [1.807, 2.05) is 6.20 Å². The van der Waals surface area contributed by atoms with E-state index in [0.29, 0.717) is 12.0 Å². The van der Waals surface area contributed by atoms with Gasteiger partial charge in [0.2, 0.25) is 0 Å². The van der Waals surface area contributed by atoms with Crippen LogP contribution in [0.5, 0.6) is 0 Å². The van der Waals surface area contributed by atoms with Crippen LogP contribution in [0, 0.1) is 0 Å². The Morgan fingerprint density at radius 3 is 2.79 bits per heavy atom. The van der Waals surface area contributed by atoms with Crippen molar-refractivity contribution in [2.45, 2.75) is 45.6 Å². The molecule has 0 aliphatic rings. The van der Waals surface area contributed by atoms with Gasteiger partial charge in [0.15, 0.2) is 0 Å². The van der Waals surface area contributed by atoms with Crippen LogP contribution in [-0.4, -0.2) is 17.6 Å². The fourth-order valence-electron chi connectivity index (χ4n) is 1.67. The smallest absolute Gasteiger partial charge is 0.0971 e. The molecule has 0 aliphatic heterocycles. The molecule has 1 aromatic rings. The molecule has 0 fully saturated rings. The molecule has 2 atom stereocenters. The summed E-state index contributed by atoms with van der Waals surface area (Å²) in [5.41, 5.74) is 0. The van der Waals surface area contributed by atoms with E-state index in [4.69, 9.17) is 0 Å². The fourth-order valence-corrected chi connectivity index (χ4v) is 2.60. The zero-order valence-corrected chi connectivity index (χ0v) is 10.1. The minimum atomic E-state index is 0.533. The van der Waals surface area contributed by atoms with E-state index in [9.17, 15) is 0 Å². The normalized spacial score (nSPS) is 15.4. The molecule has 1 rings (SSSR count). The van der Waals surface area contributed by atoms with Crippen molar-refractivity contribution in [2.75, 3.05) is 6.54 Å². The number of hydrogen-bond acceptors (Lipinski definition) is 3. The Labute approximate surface area is 90.8 Å². The van der Waals surface area contributed by atoms with Crippen molar-refractivity contribution in [2.24, 2.45) is 0 Å². The zero-order chi connectivity index (χ0) is 10.4. The number of hydrogen-bond donors (Lipinski definition) is 1. The first-order valence-corrected chi connectivity index (χ1v) is 6.30. The molecular formula is C11H20N2S. The molecule has 2 nitrogen and oxygen atoms in total. The average Bonchev–Trinajstić information content (AvgIpc) is 2.69. The lowest BCUT2D eigenvalue weighted by molar-refractivity contribution is 0.449. The highest BCUT2D eigenvalue weighted by Crippen LogP contribution is 2.24. The van der Waals surface area contributed by atoms with Gasteiger partial charge in [-0.15, -0.1) is 11.3 Å². The van der Waals surface area contributed by atoms with Gasteiger partial charge in [-0.05, 0) is 26.3 Å². The van der Waals surface area contributed by atoms with Crippen LogP contribution in [0.3, 0.4) is 0 Å². The van der Waals surface area contributed by atoms with Gasteiger partial charge in [0.05, 0.1) is 5.01 Å². The van der Waals surface area contributed by atoms with E-state index in [1.54, 1.807) is 11.3 Å². The number of rotatable bonds is 6. The quantitative estimate of drug-likeness (QED) is 0.784. The van der Waals surface area contributed by atoms with Crippen LogP contribution in [0.25, 0.3) is 0 Å². The van der Waals surface area contributed by atoms with E-state index in [1.165, 1.54) is 11.4 Å². The largest absolute Gasteiger partial charge is 0.314 e. The molecule has 2 unspecified atom stereocenters. The maximum atomic E-state index is 4.40. The van der Waals surface area contributed by atoms with E-state index >= 15 is 0 Å². The minimum Gasteiger partial charge on any atom is -0.314 e. The van der Waals surface area contributed by atoms with Crippen molar-refractivity contribution in [3.63, 3.8) is 0 Å². The van der Waals surface area contributed by atoms with Crippen molar-refractivity contribution in [1.29, 1.82) is 0 Å². The van der Waals surface area contributed by atoms with Gasteiger partial charge in [0.25, 0.3) is 0 Å². The minimum absolute atomic E-state index is 0.533. The molecule has 0 bridgehead atoms. The molecule has 0 spiro atoms. The summed E-state index contributed by atoms with van der Waals surface area (Å²) < 4.78 is 0. The third-order valence-electron chi connectivity index (χ3n) is 2.53. The van der Waals surface area contributed by atoms with Gasteiger partial charge >= 0.3 is 0 Å². The second-order valence-electron chi connectivity index (χ2n) is 3.63. The van der Waals surface area contributed by atoms with Gasteiger partial charge < -0.3 is 5.32 Å². The van der Waals surface area contributed by atoms with Crippen LogP contribution < -0.4 is 5.32 Å². The Kier molecular flexibility index (Phi) is 5.12. The summed E-state index contributed by atoms with van der Waals surface area (Å²) in [4.78, 5) is 4.40. The summed E-state index contributed by atoms with van der Waals surface area (Å²) in [5.74, 6) is 0.571. The summed E-state index contributed by atoms with van der Waals surface area (Å²) in [5, 5.41) is 6.87. The number of nitrogens with zero attached hydrogens (tertiary/aromatic N) is 1. The van der Waals surface area contributed by atoms with E-state index < -0.39 is 0 Å². The molecular weight excluding hydrogens is 192 g/mol. The number of aromatic nitrogens is 1. The number of nitrogens with one attached hydrogen (secondary N) is 1. The third kappa shape index (κ3) is 3.07. The van der Waals surface area contributed by atoms with Crippen molar-refractivity contribution in [3.05, 3.63) is 16.6 Å². The molecule has 0 saturated heterocycles. The van der Waals surface area contributed by atoms with Gasteiger partial charge in [-0.25, -0.2) is 4.98 Å². The molecule has 80 valence electrons. The summed E-state index contributed by atoms with van der Waals surface area (Å²) in [6.07, 6.45) is 4.25. The predicted octanol–water partition coefficient (Wildman–Crippen LogP) is 3.02. The Bertz CT molecular complexity index is 233. The maximum Gasteiger partial charge on any atom is 0.0971 e. The van der Waals surface area contributed by atoms with Crippen LogP contribution in [-0.2, 0) is 0 Å². The monoisotopic (exact) mass is 212 g/mol. The highest BCUT2D eigenvalue weighted by molar-refractivity contribution is 7.09. The Morgan fingerprint density at radius 1 is 1.50 bits per heavy atom. The molecule has 0 radical (unpaired) electrons. The van der Waals surface area contributed by atoms with Gasteiger partial charge in [-0.2, -0.15) is 0 Å². The summed E-state index contributed by atoms with van der Waals surface area (Å²) in [6.45, 7) is 7.79. The third-order valence-corrected chi connectivity index (χ3v) is 3.44. The van der Waals surface area contributed by atoms with Crippen molar-refractivity contribution < 1.29 is 0 Å². The van der Waals surface area contributed by atoms with Crippen LogP contribution in [0.15, 0.2) is 11.6 Å². The molecule has 1 N–H and O–H groups in total. The van der Waals surface area contributed by atoms with Gasteiger partial charge in [0, 0.05) is 23.5 Å². The summed E-state index contributed by atoms with van der Waals surface area (Å²) >= 11 is 1.77. The van der Waals surface area contributed by atoms with Gasteiger partial charge in [0.1, 0.15) is 0 Å². The summed E-state index contributed by atoms with van der Waals surface area (Å²) in [7, 11) is 0. The van der Waals surface area contributed by atoms with Crippen molar-refractivity contribution >= 4 is 11.3 Å². The lowest BCUT2D eigenvalue weighted by Crippen LogP contribution is -2.32. The molecule has 1 heterocycles. The summed E-state index contributed by atoms with van der Waals surface area (Å²) in [6, 6.07) is 0.533. The van der Waals surface area contributed by atoms with Crippen LogP contribution in [0.1, 0.15) is 44.5 Å². The van der Waals surface area contributed by atoms with E-state index in [-0.39, 0.29) is 0 Å². The Balaban J connectivity index is 2.53. The molecule has 1 aromatic heterocycles. The van der Waals surface area contributed by atoms with Crippen molar-refractivity contribution in [1.82, 2.24) is 10.3 Å². The highest BCUT2D eigenvalue weighted by Gasteiger charge is 2.18. The number of thiazole rings is 1. The van der Waals surface area contributed by atoms with E-state index in [0.717, 1.165) is 13.0 Å². The standard InChI is InChI=1S/C11H20N2S/c1-4-6-12-9(3)10(5-2)11-13-7-8-14-11/h7-10,12H,4-6H2,1-3H3. The second-order valence-corrected chi connectivity index (χ2v) is 4.55. The highest BCUT2D eigenvalue weighted by atomic mass is 32.1. The topological polar surface area (TPSA) is 24.9 Å². The second kappa shape index (κ2) is 6.14. The first kappa shape index (κ1) is 11.7. The first-order valence-electron chi connectivity index (χ1n) is 5.42. The fraction of sp³-hybridized carbons (Fsp3) is 0.727. The molecule has 3 heteroatoms.